The van der Waals surface area contributed by atoms with Gasteiger partial charge >= 0.3 is 0 Å². The Morgan fingerprint density at radius 1 is 1.23 bits per heavy atom. The molecule has 1 unspecified atom stereocenters. The zero-order chi connectivity index (χ0) is 21.0. The van der Waals surface area contributed by atoms with E-state index in [0.29, 0.717) is 19.0 Å². The van der Waals surface area contributed by atoms with E-state index in [9.17, 15) is 4.39 Å². The first-order valence-corrected chi connectivity index (χ1v) is 10.8. The number of rotatable bonds is 10. The summed E-state index contributed by atoms with van der Waals surface area (Å²) in [6.07, 6.45) is 4.51. The summed E-state index contributed by atoms with van der Waals surface area (Å²) < 4.78 is 19.7. The van der Waals surface area contributed by atoms with Gasteiger partial charge in [-0.2, -0.15) is 0 Å². The molecule has 0 bridgehead atoms. The molecule has 2 aromatic rings. The minimum absolute atomic E-state index is 0. The number of aliphatic imine (C=N–C) groups is 1. The van der Waals surface area contributed by atoms with Crippen LogP contribution in [0.1, 0.15) is 31.7 Å². The molecule has 2 heterocycles. The predicted molar refractivity (Wildman–Crippen MR) is 135 cm³/mol. The third-order valence-electron chi connectivity index (χ3n) is 4.99. The summed E-state index contributed by atoms with van der Waals surface area (Å²) in [4.78, 5) is 10.8. The highest BCUT2D eigenvalue weighted by molar-refractivity contribution is 14.0. The molecular formula is C23H33FIN5O. The quantitative estimate of drug-likeness (QED) is 0.206. The Balaban J connectivity index is 0.00000341. The fourth-order valence-corrected chi connectivity index (χ4v) is 3.46. The molecule has 1 aliphatic rings. The lowest BCUT2D eigenvalue weighted by molar-refractivity contribution is 0.117. The van der Waals surface area contributed by atoms with Crippen LogP contribution in [0.25, 0.3) is 0 Å². The Morgan fingerprint density at radius 2 is 2.06 bits per heavy atom. The number of pyridine rings is 1. The molecule has 170 valence electrons. The molecule has 1 aromatic carbocycles. The number of anilines is 1. The number of aromatic nitrogens is 1. The number of nitrogens with zero attached hydrogens (tertiary/aromatic N) is 3. The molecule has 1 aromatic heterocycles. The number of hydrogen-bond acceptors (Lipinski definition) is 4. The van der Waals surface area contributed by atoms with Crippen LogP contribution in [0.5, 0.6) is 0 Å². The molecule has 6 nitrogen and oxygen atoms in total. The molecule has 0 saturated carbocycles. The van der Waals surface area contributed by atoms with Gasteiger partial charge in [0.15, 0.2) is 17.6 Å². The van der Waals surface area contributed by atoms with Crippen molar-refractivity contribution in [2.45, 2.75) is 38.8 Å². The van der Waals surface area contributed by atoms with Crippen molar-refractivity contribution in [1.82, 2.24) is 15.6 Å². The zero-order valence-electron chi connectivity index (χ0n) is 18.1. The maximum Gasteiger partial charge on any atom is 0.191 e. The molecular weight excluding hydrogens is 508 g/mol. The molecule has 0 aliphatic carbocycles. The van der Waals surface area contributed by atoms with E-state index in [0.717, 1.165) is 51.5 Å². The summed E-state index contributed by atoms with van der Waals surface area (Å²) in [6.45, 7) is 6.49. The number of benzene rings is 1. The number of halogens is 2. The van der Waals surface area contributed by atoms with Crippen molar-refractivity contribution in [3.05, 3.63) is 60.0 Å². The second kappa shape index (κ2) is 14.2. The van der Waals surface area contributed by atoms with Gasteiger partial charge in [0.25, 0.3) is 0 Å². The van der Waals surface area contributed by atoms with E-state index in [-0.39, 0.29) is 35.8 Å². The number of hydrogen-bond donors (Lipinski definition) is 2. The van der Waals surface area contributed by atoms with Gasteiger partial charge in [-0.3, -0.25) is 4.99 Å². The lowest BCUT2D eigenvalue weighted by atomic mass is 10.2. The second-order valence-electron chi connectivity index (χ2n) is 7.39. The number of ether oxygens (including phenoxy) is 1. The van der Waals surface area contributed by atoms with Crippen LogP contribution in [-0.2, 0) is 11.3 Å². The zero-order valence-corrected chi connectivity index (χ0v) is 20.4. The molecule has 1 atom stereocenters. The second-order valence-corrected chi connectivity index (χ2v) is 7.39. The van der Waals surface area contributed by atoms with Crippen molar-refractivity contribution in [3.63, 3.8) is 0 Å². The van der Waals surface area contributed by atoms with Crippen LogP contribution in [0.3, 0.4) is 0 Å². The molecule has 0 radical (unpaired) electrons. The molecule has 8 heteroatoms. The summed E-state index contributed by atoms with van der Waals surface area (Å²) in [5.41, 5.74) is 1.20. The van der Waals surface area contributed by atoms with Gasteiger partial charge in [-0.05, 0) is 43.9 Å². The normalized spacial score (nSPS) is 16.1. The fraction of sp³-hybridized carbons (Fsp3) is 0.478. The lowest BCUT2D eigenvalue weighted by Crippen LogP contribution is -2.44. The number of nitrogens with one attached hydrogen (secondary N) is 2. The maximum atomic E-state index is 14.0. The van der Waals surface area contributed by atoms with Crippen LogP contribution >= 0.6 is 24.0 Å². The Bertz CT molecular complexity index is 793. The van der Waals surface area contributed by atoms with E-state index in [1.165, 1.54) is 11.6 Å². The predicted octanol–water partition coefficient (Wildman–Crippen LogP) is 3.97. The summed E-state index contributed by atoms with van der Waals surface area (Å²) >= 11 is 0. The van der Waals surface area contributed by atoms with Gasteiger partial charge in [0.2, 0.25) is 0 Å². The van der Waals surface area contributed by atoms with Crippen molar-refractivity contribution in [2.75, 3.05) is 37.7 Å². The Hall–Kier alpha value is -1.94. The van der Waals surface area contributed by atoms with Gasteiger partial charge in [0, 0.05) is 45.0 Å². The number of unbranched alkanes of at least 4 members (excludes halogenated alkanes) is 1. The lowest BCUT2D eigenvalue weighted by Gasteiger charge is -2.20. The van der Waals surface area contributed by atoms with E-state index >= 15 is 0 Å². The monoisotopic (exact) mass is 541 g/mol. The molecule has 31 heavy (non-hydrogen) atoms. The summed E-state index contributed by atoms with van der Waals surface area (Å²) in [5, 5.41) is 6.77. The molecule has 0 amide bonds. The molecule has 3 rings (SSSR count). The molecule has 1 aliphatic heterocycles. The molecule has 1 saturated heterocycles. The van der Waals surface area contributed by atoms with E-state index in [2.05, 4.69) is 39.7 Å². The van der Waals surface area contributed by atoms with Gasteiger partial charge in [-0.25, -0.2) is 9.37 Å². The third kappa shape index (κ3) is 8.60. The van der Waals surface area contributed by atoms with Gasteiger partial charge in [-0.15, -0.1) is 24.0 Å². The Kier molecular flexibility index (Phi) is 11.6. The fourth-order valence-electron chi connectivity index (χ4n) is 3.46. The largest absolute Gasteiger partial charge is 0.377 e. The smallest absolute Gasteiger partial charge is 0.191 e. The third-order valence-corrected chi connectivity index (χ3v) is 4.99. The van der Waals surface area contributed by atoms with Crippen molar-refractivity contribution in [1.29, 1.82) is 0 Å². The van der Waals surface area contributed by atoms with Gasteiger partial charge in [0.1, 0.15) is 0 Å². The maximum absolute atomic E-state index is 14.0. The highest BCUT2D eigenvalue weighted by Gasteiger charge is 2.25. The van der Waals surface area contributed by atoms with Crippen LogP contribution < -0.4 is 15.5 Å². The highest BCUT2D eigenvalue weighted by atomic mass is 127. The van der Waals surface area contributed by atoms with Crippen molar-refractivity contribution < 1.29 is 9.13 Å². The van der Waals surface area contributed by atoms with Crippen molar-refractivity contribution >= 4 is 35.8 Å². The first-order chi connectivity index (χ1) is 14.8. The minimum Gasteiger partial charge on any atom is -0.377 e. The van der Waals surface area contributed by atoms with Crippen molar-refractivity contribution in [2.24, 2.45) is 4.99 Å². The SMILES string of the molecule is CCNC(=NCCCCOCc1ccccc1)NC1CCN(c2ncccc2F)C1.I. The average Bonchev–Trinajstić information content (AvgIpc) is 3.22. The van der Waals surface area contributed by atoms with E-state index < -0.39 is 0 Å². The molecule has 2 N–H and O–H groups in total. The molecule has 1 fully saturated rings. The van der Waals surface area contributed by atoms with E-state index in [1.54, 1.807) is 12.3 Å². The minimum atomic E-state index is -0.270. The van der Waals surface area contributed by atoms with Crippen LogP contribution in [0.4, 0.5) is 10.2 Å². The van der Waals surface area contributed by atoms with E-state index in [4.69, 9.17) is 4.74 Å². The summed E-state index contributed by atoms with van der Waals surface area (Å²) in [7, 11) is 0. The molecule has 0 spiro atoms. The first kappa shape index (κ1) is 25.3. The Labute approximate surface area is 201 Å². The van der Waals surface area contributed by atoms with Crippen molar-refractivity contribution in [3.8, 4) is 0 Å². The average molecular weight is 541 g/mol. The van der Waals surface area contributed by atoms with Gasteiger partial charge in [0.05, 0.1) is 6.61 Å². The van der Waals surface area contributed by atoms with Crippen LogP contribution in [0.2, 0.25) is 0 Å². The topological polar surface area (TPSA) is 61.8 Å². The van der Waals surface area contributed by atoms with Crippen LogP contribution in [0, 0.1) is 5.82 Å². The van der Waals surface area contributed by atoms with Crippen LogP contribution in [-0.4, -0.2) is 49.8 Å². The summed E-state index contributed by atoms with van der Waals surface area (Å²) in [6, 6.07) is 13.5. The summed E-state index contributed by atoms with van der Waals surface area (Å²) in [5.74, 6) is 0.975. The highest BCUT2D eigenvalue weighted by Crippen LogP contribution is 2.20. The van der Waals surface area contributed by atoms with Gasteiger partial charge < -0.3 is 20.3 Å². The van der Waals surface area contributed by atoms with E-state index in [1.807, 2.05) is 23.1 Å². The van der Waals surface area contributed by atoms with Crippen LogP contribution in [0.15, 0.2) is 53.7 Å². The Morgan fingerprint density at radius 3 is 2.84 bits per heavy atom. The van der Waals surface area contributed by atoms with Gasteiger partial charge in [-0.1, -0.05) is 30.3 Å². The first-order valence-electron chi connectivity index (χ1n) is 10.8. The standard InChI is InChI=1S/C23H32FN5O.HI/c1-2-25-23(27-13-6-7-16-30-18-19-9-4-3-5-10-19)28-20-12-15-29(17-20)22-21(24)11-8-14-26-22;/h3-5,8-11,14,20H,2,6-7,12-13,15-18H2,1H3,(H2,25,27,28);1H. The number of guanidine groups is 1.